The summed E-state index contributed by atoms with van der Waals surface area (Å²) in [6.07, 6.45) is 3.43. The Morgan fingerprint density at radius 2 is 2.08 bits per heavy atom. The maximum Gasteiger partial charge on any atom is 0.241 e. The zero-order valence-electron chi connectivity index (χ0n) is 14.8. The third-order valence-corrected chi connectivity index (χ3v) is 5.35. The molecule has 7 nitrogen and oxygen atoms in total. The zero-order chi connectivity index (χ0) is 18.8. The third kappa shape index (κ3) is 3.35. The van der Waals surface area contributed by atoms with Gasteiger partial charge in [-0.1, -0.05) is 24.3 Å². The van der Waals surface area contributed by atoms with Crippen LogP contribution in [0.2, 0.25) is 0 Å². The van der Waals surface area contributed by atoms with Gasteiger partial charge in [0.1, 0.15) is 10.8 Å². The summed E-state index contributed by atoms with van der Waals surface area (Å²) in [6, 6.07) is 7.90. The molecule has 1 amide bonds. The van der Waals surface area contributed by atoms with Gasteiger partial charge in [0.25, 0.3) is 0 Å². The Hall–Kier alpha value is -2.29. The first-order chi connectivity index (χ1) is 12.4. The number of nitrogens with two attached hydrogens (primary N) is 1. The van der Waals surface area contributed by atoms with Crippen LogP contribution in [-0.4, -0.2) is 50.2 Å². The van der Waals surface area contributed by atoms with Crippen molar-refractivity contribution in [2.24, 2.45) is 5.73 Å². The SMILES string of the molecule is Cc1cnc(N2CC=C(S(=O)O)N(C(=O)CN)CC2C)c2ccccc12. The van der Waals surface area contributed by atoms with Crippen molar-refractivity contribution in [2.45, 2.75) is 19.9 Å². The van der Waals surface area contributed by atoms with Gasteiger partial charge in [0.05, 0.1) is 6.54 Å². The smallest absolute Gasteiger partial charge is 0.241 e. The van der Waals surface area contributed by atoms with Gasteiger partial charge in [0.15, 0.2) is 0 Å². The highest BCUT2D eigenvalue weighted by molar-refractivity contribution is 7.83. The number of aryl methyl sites for hydroxylation is 1. The monoisotopic (exact) mass is 374 g/mol. The number of pyridine rings is 1. The van der Waals surface area contributed by atoms with E-state index in [4.69, 9.17) is 5.73 Å². The predicted octanol–water partition coefficient (Wildman–Crippen LogP) is 1.60. The number of benzene rings is 1. The van der Waals surface area contributed by atoms with Crippen molar-refractivity contribution in [2.75, 3.05) is 24.5 Å². The van der Waals surface area contributed by atoms with E-state index in [0.717, 1.165) is 22.2 Å². The number of carbonyl (C=O) groups excluding carboxylic acids is 1. The summed E-state index contributed by atoms with van der Waals surface area (Å²) in [5.41, 5.74) is 6.56. The molecule has 2 unspecified atom stereocenters. The summed E-state index contributed by atoms with van der Waals surface area (Å²) in [7, 11) is 0. The second-order valence-corrected chi connectivity index (χ2v) is 7.23. The van der Waals surface area contributed by atoms with E-state index in [-0.39, 0.29) is 30.1 Å². The summed E-state index contributed by atoms with van der Waals surface area (Å²) in [5.74, 6) is 0.411. The highest BCUT2D eigenvalue weighted by Crippen LogP contribution is 2.29. The summed E-state index contributed by atoms with van der Waals surface area (Å²) in [6.45, 7) is 4.39. The van der Waals surface area contributed by atoms with Gasteiger partial charge in [0, 0.05) is 30.7 Å². The number of nitrogens with zero attached hydrogens (tertiary/aromatic N) is 3. The molecule has 1 aliphatic rings. The second-order valence-electron chi connectivity index (χ2n) is 6.31. The van der Waals surface area contributed by atoms with E-state index in [9.17, 15) is 13.6 Å². The van der Waals surface area contributed by atoms with Crippen LogP contribution in [0.1, 0.15) is 12.5 Å². The molecule has 3 N–H and O–H groups in total. The van der Waals surface area contributed by atoms with E-state index in [2.05, 4.69) is 4.98 Å². The van der Waals surface area contributed by atoms with Crippen LogP contribution in [0.3, 0.4) is 0 Å². The van der Waals surface area contributed by atoms with Crippen molar-refractivity contribution in [3.63, 3.8) is 0 Å². The summed E-state index contributed by atoms with van der Waals surface area (Å²) in [5, 5.41) is 2.20. The number of carbonyl (C=O) groups is 1. The molecule has 0 saturated carbocycles. The number of hydrogen-bond acceptors (Lipinski definition) is 5. The summed E-state index contributed by atoms with van der Waals surface area (Å²) in [4.78, 5) is 20.1. The van der Waals surface area contributed by atoms with Crippen LogP contribution in [0.25, 0.3) is 10.8 Å². The minimum Gasteiger partial charge on any atom is -0.348 e. The molecule has 0 spiro atoms. The molecule has 2 atom stereocenters. The van der Waals surface area contributed by atoms with Crippen molar-refractivity contribution >= 4 is 33.6 Å². The Kier molecular flexibility index (Phi) is 5.36. The Balaban J connectivity index is 2.06. The normalized spacial score (nSPS) is 19.2. The molecule has 138 valence electrons. The lowest BCUT2D eigenvalue weighted by molar-refractivity contribution is -0.127. The van der Waals surface area contributed by atoms with Crippen LogP contribution in [-0.2, 0) is 15.9 Å². The number of aromatic nitrogens is 1. The van der Waals surface area contributed by atoms with E-state index in [1.165, 1.54) is 4.90 Å². The lowest BCUT2D eigenvalue weighted by Crippen LogP contribution is -2.44. The first-order valence-corrected chi connectivity index (χ1v) is 9.47. The fourth-order valence-corrected chi connectivity index (χ4v) is 3.84. The molecular formula is C18H22N4O3S. The highest BCUT2D eigenvalue weighted by atomic mass is 32.2. The molecule has 0 fully saturated rings. The van der Waals surface area contributed by atoms with Crippen molar-refractivity contribution in [3.05, 3.63) is 47.1 Å². The number of fused-ring (bicyclic) bond motifs is 1. The molecule has 1 aromatic heterocycles. The fraction of sp³-hybridized carbons (Fsp3) is 0.333. The first-order valence-electron chi connectivity index (χ1n) is 8.36. The minimum atomic E-state index is -2.27. The first kappa shape index (κ1) is 18.5. The van der Waals surface area contributed by atoms with E-state index >= 15 is 0 Å². The van der Waals surface area contributed by atoms with Gasteiger partial charge in [0.2, 0.25) is 17.0 Å². The minimum absolute atomic E-state index is 0.0752. The Morgan fingerprint density at radius 1 is 1.38 bits per heavy atom. The lowest BCUT2D eigenvalue weighted by Gasteiger charge is -2.31. The van der Waals surface area contributed by atoms with Gasteiger partial charge < -0.3 is 15.2 Å². The quantitative estimate of drug-likeness (QED) is 0.792. The molecule has 0 radical (unpaired) electrons. The Bertz CT molecular complexity index is 899. The fourth-order valence-electron chi connectivity index (χ4n) is 3.26. The van der Waals surface area contributed by atoms with E-state index in [1.807, 2.05) is 49.2 Å². The van der Waals surface area contributed by atoms with Crippen molar-refractivity contribution < 1.29 is 13.6 Å². The van der Waals surface area contributed by atoms with Gasteiger partial charge >= 0.3 is 0 Å². The van der Waals surface area contributed by atoms with Crippen LogP contribution < -0.4 is 10.6 Å². The molecule has 0 saturated heterocycles. The van der Waals surface area contributed by atoms with Crippen LogP contribution in [0.5, 0.6) is 0 Å². The molecular weight excluding hydrogens is 352 g/mol. The van der Waals surface area contributed by atoms with Crippen LogP contribution in [0.4, 0.5) is 5.82 Å². The Labute approximate surface area is 154 Å². The standard InChI is InChI=1S/C18H22N4O3S/c1-12-10-20-18(15-6-4-3-5-14(12)15)21-8-7-17(26(24)25)22(11-13(21)2)16(23)9-19/h3-7,10,13H,8-9,11,19H2,1-2H3,(H,24,25). The van der Waals surface area contributed by atoms with Gasteiger partial charge in [-0.3, -0.25) is 9.69 Å². The number of rotatable bonds is 3. The summed E-state index contributed by atoms with van der Waals surface area (Å²) < 4.78 is 21.3. The zero-order valence-corrected chi connectivity index (χ0v) is 15.6. The number of amides is 1. The molecule has 0 bridgehead atoms. The largest absolute Gasteiger partial charge is 0.348 e. The third-order valence-electron chi connectivity index (χ3n) is 4.61. The van der Waals surface area contributed by atoms with Crippen molar-refractivity contribution in [1.29, 1.82) is 0 Å². The average molecular weight is 374 g/mol. The highest BCUT2D eigenvalue weighted by Gasteiger charge is 2.29. The van der Waals surface area contributed by atoms with Gasteiger partial charge in [-0.05, 0) is 30.9 Å². The molecule has 26 heavy (non-hydrogen) atoms. The summed E-state index contributed by atoms with van der Waals surface area (Å²) >= 11 is -2.27. The molecule has 3 rings (SSSR count). The lowest BCUT2D eigenvalue weighted by atomic mass is 10.1. The maximum atomic E-state index is 12.2. The maximum absolute atomic E-state index is 12.2. The van der Waals surface area contributed by atoms with E-state index in [1.54, 1.807) is 6.08 Å². The van der Waals surface area contributed by atoms with E-state index in [0.29, 0.717) is 6.54 Å². The molecule has 8 heteroatoms. The van der Waals surface area contributed by atoms with Crippen LogP contribution in [0, 0.1) is 6.92 Å². The molecule has 2 aromatic rings. The molecule has 1 aliphatic heterocycles. The van der Waals surface area contributed by atoms with Crippen molar-refractivity contribution in [3.8, 4) is 0 Å². The van der Waals surface area contributed by atoms with Gasteiger partial charge in [-0.25, -0.2) is 9.19 Å². The van der Waals surface area contributed by atoms with Crippen LogP contribution in [0.15, 0.2) is 41.6 Å². The number of hydrogen-bond donors (Lipinski definition) is 2. The Morgan fingerprint density at radius 3 is 2.73 bits per heavy atom. The van der Waals surface area contributed by atoms with E-state index < -0.39 is 11.1 Å². The molecule has 0 aliphatic carbocycles. The van der Waals surface area contributed by atoms with Crippen LogP contribution >= 0.6 is 0 Å². The molecule has 1 aromatic carbocycles. The van der Waals surface area contributed by atoms with Gasteiger partial charge in [-0.2, -0.15) is 0 Å². The molecule has 2 heterocycles. The average Bonchev–Trinajstić information content (AvgIpc) is 2.81. The second kappa shape index (κ2) is 7.53. The topological polar surface area (TPSA) is 99.8 Å². The van der Waals surface area contributed by atoms with Crippen molar-refractivity contribution in [1.82, 2.24) is 9.88 Å². The van der Waals surface area contributed by atoms with Gasteiger partial charge in [-0.15, -0.1) is 0 Å². The number of anilines is 1. The predicted molar refractivity (Wildman–Crippen MR) is 103 cm³/mol.